The number of aromatic amines is 1. The number of fused-ring (bicyclic) bond motifs is 1. The number of nitrogens with zero attached hydrogens (tertiary/aromatic N) is 3. The van der Waals surface area contributed by atoms with Crippen LogP contribution < -0.4 is 9.47 Å². The molecule has 2 aliphatic heterocycles. The predicted molar refractivity (Wildman–Crippen MR) is 87.4 cm³/mol. The van der Waals surface area contributed by atoms with E-state index >= 15 is 0 Å². The van der Waals surface area contributed by atoms with Crippen molar-refractivity contribution in [2.75, 3.05) is 19.9 Å². The van der Waals surface area contributed by atoms with Crippen LogP contribution in [-0.4, -0.2) is 51.3 Å². The highest BCUT2D eigenvalue weighted by atomic mass is 16.7. The number of carboxylic acid groups (broad SMARTS) is 1. The van der Waals surface area contributed by atoms with Gasteiger partial charge in [-0.15, -0.1) is 0 Å². The molecule has 0 spiro atoms. The predicted octanol–water partition coefficient (Wildman–Crippen LogP) is 1.53. The lowest BCUT2D eigenvalue weighted by molar-refractivity contribution is -0.138. The summed E-state index contributed by atoms with van der Waals surface area (Å²) in [5.74, 6) is 0.877. The molecule has 0 saturated carbocycles. The molecule has 1 fully saturated rings. The van der Waals surface area contributed by atoms with Gasteiger partial charge in [0.1, 0.15) is 0 Å². The molecule has 132 valence electrons. The normalized spacial score (nSPS) is 22.4. The summed E-state index contributed by atoms with van der Waals surface area (Å²) in [5.41, 5.74) is 3.14. The maximum absolute atomic E-state index is 11.2. The summed E-state index contributed by atoms with van der Waals surface area (Å²) in [6, 6.07) is 4.02. The third-order valence-corrected chi connectivity index (χ3v) is 4.99. The highest BCUT2D eigenvalue weighted by Crippen LogP contribution is 2.37. The molecule has 8 nitrogen and oxygen atoms in total. The van der Waals surface area contributed by atoms with Crippen LogP contribution in [0.3, 0.4) is 0 Å². The van der Waals surface area contributed by atoms with Crippen LogP contribution in [0, 0.1) is 12.8 Å². The summed E-state index contributed by atoms with van der Waals surface area (Å²) in [6.45, 7) is 4.54. The number of H-pyrrole nitrogens is 1. The van der Waals surface area contributed by atoms with Crippen molar-refractivity contribution in [3.05, 3.63) is 35.2 Å². The van der Waals surface area contributed by atoms with Gasteiger partial charge in [-0.25, -0.2) is 0 Å². The Morgan fingerprint density at radius 1 is 1.36 bits per heavy atom. The molecule has 4 rings (SSSR count). The molecular weight excluding hydrogens is 324 g/mol. The van der Waals surface area contributed by atoms with Crippen LogP contribution in [0.4, 0.5) is 0 Å². The fourth-order valence-corrected chi connectivity index (χ4v) is 3.74. The first kappa shape index (κ1) is 15.9. The van der Waals surface area contributed by atoms with Gasteiger partial charge < -0.3 is 14.6 Å². The third kappa shape index (κ3) is 3.17. The Balaban J connectivity index is 1.52. The van der Waals surface area contributed by atoms with Gasteiger partial charge in [-0.1, -0.05) is 0 Å². The number of rotatable bonds is 5. The van der Waals surface area contributed by atoms with Gasteiger partial charge in [0.05, 0.1) is 18.3 Å². The van der Waals surface area contributed by atoms with Crippen LogP contribution >= 0.6 is 0 Å². The van der Waals surface area contributed by atoms with Crippen LogP contribution in [0.2, 0.25) is 0 Å². The number of hydrogen-bond donors (Lipinski definition) is 2. The molecular formula is C17H20N4O4. The lowest BCUT2D eigenvalue weighted by Crippen LogP contribution is -2.21. The van der Waals surface area contributed by atoms with Gasteiger partial charge in [0.15, 0.2) is 11.5 Å². The molecule has 0 aliphatic carbocycles. The van der Waals surface area contributed by atoms with Gasteiger partial charge in [0, 0.05) is 25.6 Å². The number of benzene rings is 1. The molecule has 0 amide bonds. The lowest BCUT2D eigenvalue weighted by atomic mass is 9.91. The molecule has 0 radical (unpaired) electrons. The summed E-state index contributed by atoms with van der Waals surface area (Å²) >= 11 is 0. The zero-order valence-corrected chi connectivity index (χ0v) is 13.9. The van der Waals surface area contributed by atoms with Crippen molar-refractivity contribution in [3.8, 4) is 11.5 Å². The molecule has 1 aromatic heterocycles. The van der Waals surface area contributed by atoms with E-state index in [-0.39, 0.29) is 25.0 Å². The minimum atomic E-state index is -0.778. The van der Waals surface area contributed by atoms with Crippen molar-refractivity contribution >= 4 is 5.97 Å². The van der Waals surface area contributed by atoms with E-state index in [4.69, 9.17) is 9.47 Å². The number of hydrogen-bond acceptors (Lipinski definition) is 6. The molecule has 2 N–H and O–H groups in total. The number of carbonyl (C=O) groups is 1. The van der Waals surface area contributed by atoms with Gasteiger partial charge in [-0.3, -0.25) is 9.69 Å². The molecule has 0 unspecified atom stereocenters. The number of likely N-dealkylation sites (tertiary alicyclic amines) is 1. The van der Waals surface area contributed by atoms with Crippen LogP contribution in [0.1, 0.15) is 29.2 Å². The maximum atomic E-state index is 11.2. The van der Waals surface area contributed by atoms with Crippen molar-refractivity contribution in [1.82, 2.24) is 20.3 Å². The Hall–Kier alpha value is -2.61. The minimum Gasteiger partial charge on any atom is -0.481 e. The zero-order chi connectivity index (χ0) is 17.4. The monoisotopic (exact) mass is 344 g/mol. The fourth-order valence-electron chi connectivity index (χ4n) is 3.74. The van der Waals surface area contributed by atoms with Gasteiger partial charge in [0.25, 0.3) is 0 Å². The molecule has 1 saturated heterocycles. The summed E-state index contributed by atoms with van der Waals surface area (Å²) in [4.78, 5) is 13.5. The Kier molecular flexibility index (Phi) is 4.04. The highest BCUT2D eigenvalue weighted by Gasteiger charge is 2.36. The van der Waals surface area contributed by atoms with Crippen LogP contribution in [-0.2, 0) is 11.3 Å². The Labute approximate surface area is 144 Å². The van der Waals surface area contributed by atoms with E-state index in [0.717, 1.165) is 42.4 Å². The van der Waals surface area contributed by atoms with E-state index in [1.54, 1.807) is 6.20 Å². The second kappa shape index (κ2) is 6.36. The number of ether oxygens (including phenoxy) is 2. The molecule has 2 aliphatic rings. The van der Waals surface area contributed by atoms with Crippen molar-refractivity contribution in [2.45, 2.75) is 25.8 Å². The first-order valence-electron chi connectivity index (χ1n) is 8.29. The quantitative estimate of drug-likeness (QED) is 0.848. The highest BCUT2D eigenvalue weighted by molar-refractivity contribution is 5.67. The van der Waals surface area contributed by atoms with Crippen molar-refractivity contribution < 1.29 is 19.4 Å². The number of carboxylic acids is 1. The maximum Gasteiger partial charge on any atom is 0.303 e. The van der Waals surface area contributed by atoms with E-state index in [2.05, 4.69) is 27.2 Å². The third-order valence-electron chi connectivity index (χ3n) is 4.99. The van der Waals surface area contributed by atoms with Crippen LogP contribution in [0.5, 0.6) is 11.5 Å². The largest absolute Gasteiger partial charge is 0.481 e. The van der Waals surface area contributed by atoms with Crippen molar-refractivity contribution in [3.63, 3.8) is 0 Å². The average molecular weight is 344 g/mol. The lowest BCUT2D eigenvalue weighted by Gasteiger charge is -2.17. The summed E-state index contributed by atoms with van der Waals surface area (Å²) in [6.07, 6.45) is 1.82. The van der Waals surface area contributed by atoms with E-state index in [1.165, 1.54) is 5.56 Å². The SMILES string of the molecule is Cc1cc2c(cc1CN1C[C@H](CC(=O)O)[C@H](c3cn[nH]n3)C1)OCO2. The van der Waals surface area contributed by atoms with E-state index in [1.807, 2.05) is 12.1 Å². The number of aromatic nitrogens is 3. The van der Waals surface area contributed by atoms with Gasteiger partial charge in [0.2, 0.25) is 6.79 Å². The molecule has 2 aromatic rings. The first-order chi connectivity index (χ1) is 12.1. The standard InChI is InChI=1S/C17H20N4O4/c1-10-2-15-16(25-9-24-15)3-11(10)6-21-7-12(4-17(22)23)13(8-21)14-5-18-20-19-14/h2-3,5,12-13H,4,6-9H2,1H3,(H,22,23)(H,18,19,20)/t12-,13+/m0/s1. The Morgan fingerprint density at radius 3 is 2.88 bits per heavy atom. The topological polar surface area (TPSA) is 101 Å². The smallest absolute Gasteiger partial charge is 0.303 e. The van der Waals surface area contributed by atoms with Gasteiger partial charge in [-0.05, 0) is 36.1 Å². The zero-order valence-electron chi connectivity index (χ0n) is 13.9. The number of nitrogens with one attached hydrogen (secondary N) is 1. The molecule has 0 bridgehead atoms. The summed E-state index contributed by atoms with van der Waals surface area (Å²) in [7, 11) is 0. The van der Waals surface area contributed by atoms with Crippen LogP contribution in [0.25, 0.3) is 0 Å². The summed E-state index contributed by atoms with van der Waals surface area (Å²) in [5, 5.41) is 19.9. The van der Waals surface area contributed by atoms with Crippen molar-refractivity contribution in [2.24, 2.45) is 5.92 Å². The van der Waals surface area contributed by atoms with E-state index < -0.39 is 5.97 Å². The molecule has 25 heavy (non-hydrogen) atoms. The average Bonchev–Trinajstić information content (AvgIpc) is 3.27. The Morgan fingerprint density at radius 2 is 2.16 bits per heavy atom. The minimum absolute atomic E-state index is 0.0249. The van der Waals surface area contributed by atoms with Crippen molar-refractivity contribution in [1.29, 1.82) is 0 Å². The molecule has 1 aromatic carbocycles. The summed E-state index contributed by atoms with van der Waals surface area (Å²) < 4.78 is 10.9. The second-order valence-corrected chi connectivity index (χ2v) is 6.69. The Bertz CT molecular complexity index is 777. The van der Waals surface area contributed by atoms with E-state index in [9.17, 15) is 9.90 Å². The van der Waals surface area contributed by atoms with Crippen LogP contribution in [0.15, 0.2) is 18.3 Å². The molecule has 2 atom stereocenters. The van der Waals surface area contributed by atoms with E-state index in [0.29, 0.717) is 0 Å². The molecule has 3 heterocycles. The first-order valence-corrected chi connectivity index (χ1v) is 8.29. The van der Waals surface area contributed by atoms with Gasteiger partial charge in [-0.2, -0.15) is 15.4 Å². The van der Waals surface area contributed by atoms with Gasteiger partial charge >= 0.3 is 5.97 Å². The number of aryl methyl sites for hydroxylation is 1. The second-order valence-electron chi connectivity index (χ2n) is 6.69. The number of aliphatic carboxylic acids is 1. The fraction of sp³-hybridized carbons (Fsp3) is 0.471. The molecule has 8 heteroatoms.